The van der Waals surface area contributed by atoms with Crippen LogP contribution in [-0.4, -0.2) is 34.7 Å². The van der Waals surface area contributed by atoms with E-state index in [0.29, 0.717) is 19.6 Å². The Kier molecular flexibility index (Phi) is 7.54. The lowest BCUT2D eigenvalue weighted by Crippen LogP contribution is -2.43. The molecule has 4 rings (SSSR count). The zero-order chi connectivity index (χ0) is 24.2. The number of nitrogens with one attached hydrogen (secondary N) is 2. The van der Waals surface area contributed by atoms with Gasteiger partial charge >= 0.3 is 6.18 Å². The number of halogens is 4. The molecule has 1 aromatic carbocycles. The number of benzene rings is 1. The molecule has 1 saturated carbocycles. The summed E-state index contributed by atoms with van der Waals surface area (Å²) in [6, 6.07) is 7.53. The molecule has 0 bridgehead atoms. The van der Waals surface area contributed by atoms with Gasteiger partial charge in [0.1, 0.15) is 11.6 Å². The fourth-order valence-corrected chi connectivity index (χ4v) is 5.08. The summed E-state index contributed by atoms with van der Waals surface area (Å²) in [7, 11) is 0. The molecule has 2 fully saturated rings. The van der Waals surface area contributed by atoms with Crippen molar-refractivity contribution < 1.29 is 17.6 Å². The van der Waals surface area contributed by atoms with E-state index < -0.39 is 11.9 Å². The molecule has 10 heteroatoms. The first kappa shape index (κ1) is 24.6. The second kappa shape index (κ2) is 10.4. The van der Waals surface area contributed by atoms with Gasteiger partial charge in [-0.25, -0.2) is 9.37 Å². The quantitative estimate of drug-likeness (QED) is 0.403. The van der Waals surface area contributed by atoms with Gasteiger partial charge in [-0.3, -0.25) is 0 Å². The molecule has 1 aromatic heterocycles. The molecule has 0 unspecified atom stereocenters. The minimum Gasteiger partial charge on any atom is -0.361 e. The van der Waals surface area contributed by atoms with Gasteiger partial charge in [-0.15, -0.1) is 0 Å². The highest BCUT2D eigenvalue weighted by Crippen LogP contribution is 2.39. The summed E-state index contributed by atoms with van der Waals surface area (Å²) in [5.74, 6) is -0.208. The van der Waals surface area contributed by atoms with Gasteiger partial charge in [0, 0.05) is 31.1 Å². The Hall–Kier alpha value is -2.49. The molecule has 0 radical (unpaired) electrons. The summed E-state index contributed by atoms with van der Waals surface area (Å²) < 4.78 is 54.0. The first-order valence-corrected chi connectivity index (χ1v) is 12.2. The molecule has 2 aliphatic rings. The zero-order valence-corrected chi connectivity index (χ0v) is 19.7. The van der Waals surface area contributed by atoms with Crippen molar-refractivity contribution in [2.75, 3.05) is 29.9 Å². The molecule has 5 nitrogen and oxygen atoms in total. The molecule has 1 aliphatic carbocycles. The molecule has 34 heavy (non-hydrogen) atoms. The number of hydrogen-bond acceptors (Lipinski definition) is 4. The fourth-order valence-electron chi connectivity index (χ4n) is 4.92. The van der Waals surface area contributed by atoms with Gasteiger partial charge < -0.3 is 15.5 Å². The predicted molar refractivity (Wildman–Crippen MR) is 128 cm³/mol. The van der Waals surface area contributed by atoms with Crippen LogP contribution >= 0.6 is 12.2 Å². The number of anilines is 2. The molecular formula is C24H29F4N5S. The fraction of sp³-hybridized carbons (Fsp3) is 0.542. The molecule has 1 saturated heterocycles. The highest BCUT2D eigenvalue weighted by molar-refractivity contribution is 7.80. The topological polar surface area (TPSA) is 53.1 Å². The largest absolute Gasteiger partial charge is 0.433 e. The molecule has 1 aliphatic heterocycles. The van der Waals surface area contributed by atoms with Gasteiger partial charge in [-0.1, -0.05) is 31.4 Å². The minimum absolute atomic E-state index is 0.163. The summed E-state index contributed by atoms with van der Waals surface area (Å²) in [5.41, 5.74) is -0.180. The van der Waals surface area contributed by atoms with Crippen molar-refractivity contribution in [3.63, 3.8) is 0 Å². The second-order valence-corrected chi connectivity index (χ2v) is 9.54. The summed E-state index contributed by atoms with van der Waals surface area (Å²) in [6.07, 6.45) is 3.39. The van der Waals surface area contributed by atoms with E-state index in [1.54, 1.807) is 12.1 Å². The van der Waals surface area contributed by atoms with Crippen LogP contribution in [-0.2, 0) is 11.6 Å². The molecule has 184 valence electrons. The second-order valence-electron chi connectivity index (χ2n) is 9.14. The third-order valence-corrected chi connectivity index (χ3v) is 7.01. The Morgan fingerprint density at radius 2 is 1.62 bits per heavy atom. The van der Waals surface area contributed by atoms with Crippen molar-refractivity contribution in [1.82, 2.24) is 15.3 Å². The number of rotatable bonds is 5. The number of hydrogen-bond donors (Lipinski definition) is 2. The van der Waals surface area contributed by atoms with E-state index in [1.807, 2.05) is 4.90 Å². The van der Waals surface area contributed by atoms with E-state index in [9.17, 15) is 17.6 Å². The Bertz CT molecular complexity index is 984. The highest BCUT2D eigenvalue weighted by Gasteiger charge is 2.35. The third kappa shape index (κ3) is 5.95. The number of alkyl halides is 3. The minimum atomic E-state index is -4.59. The van der Waals surface area contributed by atoms with E-state index in [1.165, 1.54) is 12.1 Å². The van der Waals surface area contributed by atoms with E-state index in [2.05, 4.69) is 20.6 Å². The normalized spacial score (nSPS) is 18.4. The van der Waals surface area contributed by atoms with Gasteiger partial charge in [-0.05, 0) is 62.0 Å². The lowest BCUT2D eigenvalue weighted by Gasteiger charge is -2.38. The van der Waals surface area contributed by atoms with Crippen LogP contribution in [0, 0.1) is 5.82 Å². The number of nitrogens with zero attached hydrogens (tertiary/aromatic N) is 3. The van der Waals surface area contributed by atoms with Crippen molar-refractivity contribution in [3.05, 3.63) is 47.4 Å². The highest BCUT2D eigenvalue weighted by atomic mass is 32.1. The molecule has 0 atom stereocenters. The van der Waals surface area contributed by atoms with Crippen molar-refractivity contribution in [2.45, 2.75) is 63.0 Å². The van der Waals surface area contributed by atoms with Gasteiger partial charge in [0.05, 0.1) is 0 Å². The first-order chi connectivity index (χ1) is 16.2. The summed E-state index contributed by atoms with van der Waals surface area (Å²) >= 11 is 5.40. The zero-order valence-electron chi connectivity index (χ0n) is 18.9. The van der Waals surface area contributed by atoms with Gasteiger partial charge in [0.25, 0.3) is 0 Å². The standard InChI is InChI=1S/C24H29F4N5S/c25-18-9-7-17(8-10-18)23(11-3-1-4-12-23)16-29-22(34)32-21-30-19(24(26,27)28)15-20(31-21)33-13-5-2-6-14-33/h7-10,15H,1-6,11-14,16H2,(H2,29,30,31,32,34). The molecule has 2 heterocycles. The average Bonchev–Trinajstić information content (AvgIpc) is 2.83. The maximum absolute atomic E-state index is 13.5. The van der Waals surface area contributed by atoms with E-state index in [-0.39, 0.29) is 28.1 Å². The molecule has 2 aromatic rings. The van der Waals surface area contributed by atoms with Crippen molar-refractivity contribution in [3.8, 4) is 0 Å². The predicted octanol–water partition coefficient (Wildman–Crippen LogP) is 5.81. The van der Waals surface area contributed by atoms with Crippen LogP contribution in [0.4, 0.5) is 29.3 Å². The van der Waals surface area contributed by atoms with Gasteiger partial charge in [-0.2, -0.15) is 18.2 Å². The average molecular weight is 496 g/mol. The maximum Gasteiger partial charge on any atom is 0.433 e. The lowest BCUT2D eigenvalue weighted by molar-refractivity contribution is -0.141. The Morgan fingerprint density at radius 3 is 2.26 bits per heavy atom. The maximum atomic E-state index is 13.5. The van der Waals surface area contributed by atoms with Crippen LogP contribution < -0.4 is 15.5 Å². The Labute approximate surface area is 202 Å². The first-order valence-electron chi connectivity index (χ1n) is 11.8. The third-order valence-electron chi connectivity index (χ3n) is 6.76. The van der Waals surface area contributed by atoms with Crippen LogP contribution in [0.1, 0.15) is 62.6 Å². The van der Waals surface area contributed by atoms with E-state index in [0.717, 1.165) is 63.0 Å². The number of piperidine rings is 1. The van der Waals surface area contributed by atoms with Gasteiger partial charge in [0.2, 0.25) is 5.95 Å². The molecule has 0 spiro atoms. The number of thiocarbonyl (C=S) groups is 1. The van der Waals surface area contributed by atoms with E-state index >= 15 is 0 Å². The lowest BCUT2D eigenvalue weighted by atomic mass is 9.69. The van der Waals surface area contributed by atoms with Crippen LogP contribution in [0.2, 0.25) is 0 Å². The smallest absolute Gasteiger partial charge is 0.361 e. The molecule has 2 N–H and O–H groups in total. The van der Waals surface area contributed by atoms with Crippen LogP contribution in [0.15, 0.2) is 30.3 Å². The van der Waals surface area contributed by atoms with E-state index in [4.69, 9.17) is 12.2 Å². The van der Waals surface area contributed by atoms with Gasteiger partial charge in [0.15, 0.2) is 10.8 Å². The molecular weight excluding hydrogens is 466 g/mol. The summed E-state index contributed by atoms with van der Waals surface area (Å²) in [5, 5.41) is 6.09. The summed E-state index contributed by atoms with van der Waals surface area (Å²) in [6.45, 7) is 1.82. The van der Waals surface area contributed by atoms with Crippen LogP contribution in [0.25, 0.3) is 0 Å². The van der Waals surface area contributed by atoms with Crippen LogP contribution in [0.3, 0.4) is 0 Å². The van der Waals surface area contributed by atoms with Crippen molar-refractivity contribution in [1.29, 1.82) is 0 Å². The molecule has 0 amide bonds. The summed E-state index contributed by atoms with van der Waals surface area (Å²) in [4.78, 5) is 9.86. The Morgan fingerprint density at radius 1 is 0.971 bits per heavy atom. The number of aromatic nitrogens is 2. The van der Waals surface area contributed by atoms with Crippen molar-refractivity contribution in [2.24, 2.45) is 0 Å². The Balaban J connectivity index is 1.49. The van der Waals surface area contributed by atoms with Crippen LogP contribution in [0.5, 0.6) is 0 Å². The van der Waals surface area contributed by atoms with Crippen molar-refractivity contribution >= 4 is 29.1 Å². The monoisotopic (exact) mass is 495 g/mol. The SMILES string of the molecule is Fc1ccc(C2(CNC(=S)Nc3nc(N4CCCCC4)cc(C(F)(F)F)n3)CCCCC2)cc1.